The van der Waals surface area contributed by atoms with Gasteiger partial charge in [-0.05, 0) is 51.2 Å². The van der Waals surface area contributed by atoms with E-state index in [0.29, 0.717) is 19.4 Å². The standard InChI is InChI=1S/C27H39F2N7O4/c1-3-12-27(28,29)24(38)22(23(37)21-18(11-13-32-21)33-16-34-30)35-25(39)20-10-7-14-36(20)26(40)19(31-2)15-17-8-5-4-6-9-17/h4-6,8-9,16,18-22,31-32H,3,7,10-15,30H2,1-2H3,(H,33,34)(H,35,39)/t18?,19-,20-,21-,22?/m0/s1/i2D. The van der Waals surface area contributed by atoms with E-state index in [4.69, 9.17) is 7.21 Å². The molecular formula is C27H39F2N7O4. The normalized spacial score (nSPS) is 23.1. The van der Waals surface area contributed by atoms with Gasteiger partial charge in [-0.1, -0.05) is 37.3 Å². The SMILES string of the molecule is [2H]CN[C@@H](Cc1ccccc1)C(=O)N1CCC[C@H]1C(=O)NC(C(=O)[C@H]1NCCC1N=CNN)C(=O)C(F)(F)CCC. The molecule has 2 unspecified atom stereocenters. The first kappa shape index (κ1) is 29.7. The molecule has 0 saturated carbocycles. The Hall–Kier alpha value is -3.29. The summed E-state index contributed by atoms with van der Waals surface area (Å²) in [5.74, 6) is -2.53. The second-order valence-corrected chi connectivity index (χ2v) is 10.0. The molecule has 0 spiro atoms. The Morgan fingerprint density at radius 3 is 2.70 bits per heavy atom. The summed E-state index contributed by atoms with van der Waals surface area (Å²) in [5.41, 5.74) is 3.08. The molecule has 0 aliphatic carbocycles. The van der Waals surface area contributed by atoms with E-state index in [1.807, 2.05) is 30.3 Å². The molecule has 2 heterocycles. The summed E-state index contributed by atoms with van der Waals surface area (Å²) in [4.78, 5) is 59.0. The lowest BCUT2D eigenvalue weighted by molar-refractivity contribution is -0.152. The molecule has 2 aliphatic rings. The summed E-state index contributed by atoms with van der Waals surface area (Å²) in [5, 5.41) is 8.00. The largest absolute Gasteiger partial charge is 0.338 e. The Kier molecular flexibility index (Phi) is 10.7. The van der Waals surface area contributed by atoms with Crippen molar-refractivity contribution >= 4 is 29.7 Å². The molecule has 3 rings (SSSR count). The number of carbonyl (C=O) groups excluding carboxylic acids is 4. The molecule has 2 aliphatic heterocycles. The maximum absolute atomic E-state index is 14.8. The number of rotatable bonds is 14. The Morgan fingerprint density at radius 1 is 1.27 bits per heavy atom. The predicted octanol–water partition coefficient (Wildman–Crippen LogP) is 0.0886. The fraction of sp³-hybridized carbons (Fsp3) is 0.593. The number of nitrogens with two attached hydrogens (primary N) is 1. The number of likely N-dealkylation sites (N-methyl/N-ethyl adjacent to an activating group) is 1. The smallest absolute Gasteiger partial charge is 0.307 e. The number of nitrogens with one attached hydrogen (secondary N) is 4. The van der Waals surface area contributed by atoms with E-state index in [1.54, 1.807) is 0 Å². The van der Waals surface area contributed by atoms with Gasteiger partial charge in [0.25, 0.3) is 0 Å². The Morgan fingerprint density at radius 2 is 2.02 bits per heavy atom. The number of alkyl halides is 2. The second kappa shape index (κ2) is 14.4. The summed E-state index contributed by atoms with van der Waals surface area (Å²) in [7, 11) is -0.233. The van der Waals surface area contributed by atoms with E-state index in [-0.39, 0.29) is 32.8 Å². The van der Waals surface area contributed by atoms with Crippen LogP contribution in [0.5, 0.6) is 0 Å². The van der Waals surface area contributed by atoms with Crippen molar-refractivity contribution in [1.82, 2.24) is 26.3 Å². The zero-order valence-corrected chi connectivity index (χ0v) is 22.6. The van der Waals surface area contributed by atoms with Crippen LogP contribution in [0, 0.1) is 0 Å². The van der Waals surface area contributed by atoms with Gasteiger partial charge >= 0.3 is 5.92 Å². The van der Waals surface area contributed by atoms with Crippen molar-refractivity contribution < 1.29 is 29.3 Å². The Balaban J connectivity index is 1.83. The van der Waals surface area contributed by atoms with Crippen LogP contribution in [0.25, 0.3) is 0 Å². The minimum Gasteiger partial charge on any atom is -0.338 e. The van der Waals surface area contributed by atoms with Gasteiger partial charge in [0, 0.05) is 14.3 Å². The van der Waals surface area contributed by atoms with Crippen LogP contribution >= 0.6 is 0 Å². The fourth-order valence-corrected chi connectivity index (χ4v) is 5.21. The van der Waals surface area contributed by atoms with Crippen LogP contribution in [0.4, 0.5) is 8.78 Å². The number of nitrogens with zero attached hydrogens (tertiary/aromatic N) is 2. The van der Waals surface area contributed by atoms with Crippen molar-refractivity contribution in [2.24, 2.45) is 10.8 Å². The third-order valence-electron chi connectivity index (χ3n) is 7.26. The molecular weight excluding hydrogens is 524 g/mol. The second-order valence-electron chi connectivity index (χ2n) is 10.0. The Bertz CT molecular complexity index is 1090. The lowest BCUT2D eigenvalue weighted by atomic mass is 9.92. The summed E-state index contributed by atoms with van der Waals surface area (Å²) in [6, 6.07) is 3.42. The number of ketones is 2. The first-order valence-corrected chi connectivity index (χ1v) is 13.5. The molecule has 40 heavy (non-hydrogen) atoms. The van der Waals surface area contributed by atoms with Gasteiger partial charge < -0.3 is 26.3 Å². The molecule has 2 saturated heterocycles. The highest BCUT2D eigenvalue weighted by atomic mass is 19.3. The fourth-order valence-electron chi connectivity index (χ4n) is 5.21. The molecule has 2 amide bonds. The van der Waals surface area contributed by atoms with Crippen molar-refractivity contribution in [3.63, 3.8) is 0 Å². The number of hydrazine groups is 1. The van der Waals surface area contributed by atoms with Crippen molar-refractivity contribution in [3.8, 4) is 0 Å². The minimum atomic E-state index is -3.84. The third-order valence-corrected chi connectivity index (χ3v) is 7.26. The monoisotopic (exact) mass is 564 g/mol. The zero-order chi connectivity index (χ0) is 30.0. The maximum atomic E-state index is 14.8. The van der Waals surface area contributed by atoms with E-state index in [9.17, 15) is 28.0 Å². The van der Waals surface area contributed by atoms with Crippen LogP contribution in [0.15, 0.2) is 35.3 Å². The molecule has 1 aromatic rings. The number of aliphatic imine (C=N–C) groups is 1. The number of Topliss-reactive ketones (excluding diaryl/α,β-unsaturated/α-hetero) is 2. The van der Waals surface area contributed by atoms with Gasteiger partial charge in [0.1, 0.15) is 6.04 Å². The van der Waals surface area contributed by atoms with Crippen molar-refractivity contribution in [2.45, 2.75) is 81.6 Å². The summed E-state index contributed by atoms with van der Waals surface area (Å²) >= 11 is 0. The van der Waals surface area contributed by atoms with Gasteiger partial charge in [-0.2, -0.15) is 8.78 Å². The molecule has 13 heteroatoms. The molecule has 5 atom stereocenters. The number of carbonyl (C=O) groups is 4. The average Bonchev–Trinajstić information content (AvgIpc) is 3.64. The van der Waals surface area contributed by atoms with Crippen molar-refractivity contribution in [3.05, 3.63) is 35.9 Å². The topological polar surface area (TPSA) is 158 Å². The Labute approximate surface area is 234 Å². The highest BCUT2D eigenvalue weighted by Gasteiger charge is 2.50. The molecule has 6 N–H and O–H groups in total. The number of halogens is 2. The summed E-state index contributed by atoms with van der Waals surface area (Å²) < 4.78 is 37.2. The van der Waals surface area contributed by atoms with Gasteiger partial charge in [-0.25, -0.2) is 5.84 Å². The van der Waals surface area contributed by atoms with Crippen LogP contribution in [-0.4, -0.2) is 90.9 Å². The highest BCUT2D eigenvalue weighted by molar-refractivity contribution is 6.13. The molecule has 0 bridgehead atoms. The lowest BCUT2D eigenvalue weighted by Gasteiger charge is -2.30. The van der Waals surface area contributed by atoms with Gasteiger partial charge in [-0.3, -0.25) is 24.2 Å². The third kappa shape index (κ3) is 7.46. The van der Waals surface area contributed by atoms with Crippen LogP contribution in [0.2, 0.25) is 0 Å². The van der Waals surface area contributed by atoms with Gasteiger partial charge in [0.15, 0.2) is 11.8 Å². The first-order valence-electron chi connectivity index (χ1n) is 14.2. The van der Waals surface area contributed by atoms with Crippen LogP contribution in [0.3, 0.4) is 0 Å². The molecule has 11 nitrogen and oxygen atoms in total. The number of benzene rings is 1. The van der Waals surface area contributed by atoms with E-state index >= 15 is 0 Å². The maximum Gasteiger partial charge on any atom is 0.307 e. The van der Waals surface area contributed by atoms with Crippen molar-refractivity contribution in [1.29, 1.82) is 0 Å². The summed E-state index contributed by atoms with van der Waals surface area (Å²) in [6.45, 7) is 2.06. The molecule has 1 aromatic carbocycles. The number of likely N-dealkylation sites (tertiary alicyclic amines) is 1. The number of hydrogen-bond acceptors (Lipinski definition) is 8. The summed E-state index contributed by atoms with van der Waals surface area (Å²) in [6.07, 6.45) is 1.74. The lowest BCUT2D eigenvalue weighted by Crippen LogP contribution is -2.61. The minimum absolute atomic E-state index is 0.0128. The molecule has 2 fully saturated rings. The van der Waals surface area contributed by atoms with E-state index in [1.165, 1.54) is 11.8 Å². The molecule has 220 valence electrons. The predicted molar refractivity (Wildman–Crippen MR) is 146 cm³/mol. The highest BCUT2D eigenvalue weighted by Crippen LogP contribution is 2.26. The van der Waals surface area contributed by atoms with E-state index in [0.717, 1.165) is 11.9 Å². The van der Waals surface area contributed by atoms with Gasteiger partial charge in [0.05, 0.1) is 24.5 Å². The van der Waals surface area contributed by atoms with E-state index < -0.39 is 65.9 Å². The van der Waals surface area contributed by atoms with Crippen LogP contribution < -0.4 is 27.2 Å². The molecule has 0 aromatic heterocycles. The number of amides is 2. The first-order chi connectivity index (χ1) is 19.6. The average molecular weight is 565 g/mol. The van der Waals surface area contributed by atoms with Crippen molar-refractivity contribution in [2.75, 3.05) is 20.1 Å². The quantitative estimate of drug-likeness (QED) is 0.0699. The van der Waals surface area contributed by atoms with Crippen LogP contribution in [0.1, 0.15) is 46.0 Å². The van der Waals surface area contributed by atoms with Gasteiger partial charge in [-0.15, -0.1) is 0 Å². The van der Waals surface area contributed by atoms with Gasteiger partial charge in [0.2, 0.25) is 17.6 Å². The molecule has 0 radical (unpaired) electrons. The van der Waals surface area contributed by atoms with E-state index in [2.05, 4.69) is 26.4 Å². The number of hydrogen-bond donors (Lipinski definition) is 5. The van der Waals surface area contributed by atoms with Crippen LogP contribution in [-0.2, 0) is 25.6 Å². The zero-order valence-electron chi connectivity index (χ0n) is 23.6.